The van der Waals surface area contributed by atoms with Crippen molar-refractivity contribution in [3.8, 4) is 0 Å². The van der Waals surface area contributed by atoms with Crippen LogP contribution >= 0.6 is 0 Å². The first-order valence-corrected chi connectivity index (χ1v) is 8.10. The molecule has 1 aromatic rings. The van der Waals surface area contributed by atoms with Crippen molar-refractivity contribution >= 4 is 21.6 Å². The molecule has 0 aliphatic heterocycles. The Balaban J connectivity index is 2.86. The van der Waals surface area contributed by atoms with Gasteiger partial charge in [-0.15, -0.1) is 0 Å². The highest BCUT2D eigenvalue weighted by Crippen LogP contribution is 2.17. The highest BCUT2D eigenvalue weighted by molar-refractivity contribution is 7.92. The lowest BCUT2D eigenvalue weighted by Crippen LogP contribution is -2.44. The standard InChI is InChI=1S/C13H19FN2O4S/c1-10(9-20-2)15-13(17)8-16(21(3,18)19)12-6-4-11(14)5-7-12/h4-7,10H,8-9H2,1-3H3,(H,15,17)/t10-/m1/s1. The summed E-state index contributed by atoms with van der Waals surface area (Å²) in [5.41, 5.74) is 0.230. The van der Waals surface area contributed by atoms with Gasteiger partial charge in [-0.2, -0.15) is 0 Å². The van der Waals surface area contributed by atoms with Crippen LogP contribution in [-0.4, -0.2) is 46.9 Å². The Morgan fingerprint density at radius 2 is 1.95 bits per heavy atom. The Morgan fingerprint density at radius 3 is 2.43 bits per heavy atom. The molecule has 0 radical (unpaired) electrons. The third-order valence-electron chi connectivity index (χ3n) is 2.63. The lowest BCUT2D eigenvalue weighted by atomic mass is 10.3. The van der Waals surface area contributed by atoms with Crippen LogP contribution in [0.4, 0.5) is 10.1 Å². The Kier molecular flexibility index (Phi) is 6.10. The van der Waals surface area contributed by atoms with Crippen molar-refractivity contribution in [3.63, 3.8) is 0 Å². The molecule has 1 rings (SSSR count). The Hall–Kier alpha value is -1.67. The molecule has 0 aliphatic rings. The van der Waals surface area contributed by atoms with E-state index >= 15 is 0 Å². The monoisotopic (exact) mass is 318 g/mol. The quantitative estimate of drug-likeness (QED) is 0.805. The lowest BCUT2D eigenvalue weighted by Gasteiger charge is -2.23. The number of benzene rings is 1. The number of nitrogens with zero attached hydrogens (tertiary/aromatic N) is 1. The predicted molar refractivity (Wildman–Crippen MR) is 78.1 cm³/mol. The van der Waals surface area contributed by atoms with E-state index in [-0.39, 0.29) is 18.3 Å². The van der Waals surface area contributed by atoms with Crippen molar-refractivity contribution in [2.24, 2.45) is 0 Å². The zero-order valence-corrected chi connectivity index (χ0v) is 13.0. The highest BCUT2D eigenvalue weighted by Gasteiger charge is 2.21. The van der Waals surface area contributed by atoms with Crippen LogP contribution in [0.15, 0.2) is 24.3 Å². The maximum Gasteiger partial charge on any atom is 0.241 e. The van der Waals surface area contributed by atoms with Crippen LogP contribution in [0.2, 0.25) is 0 Å². The van der Waals surface area contributed by atoms with Crippen molar-refractivity contribution in [1.29, 1.82) is 0 Å². The van der Waals surface area contributed by atoms with Gasteiger partial charge in [0, 0.05) is 13.2 Å². The van der Waals surface area contributed by atoms with Crippen LogP contribution in [-0.2, 0) is 19.6 Å². The van der Waals surface area contributed by atoms with Gasteiger partial charge in [0.25, 0.3) is 0 Å². The maximum absolute atomic E-state index is 12.9. The van der Waals surface area contributed by atoms with Gasteiger partial charge in [-0.3, -0.25) is 9.10 Å². The summed E-state index contributed by atoms with van der Waals surface area (Å²) in [5, 5.41) is 2.62. The number of halogens is 1. The number of hydrogen-bond acceptors (Lipinski definition) is 4. The summed E-state index contributed by atoms with van der Waals surface area (Å²) in [6, 6.07) is 4.65. The number of carbonyl (C=O) groups excluding carboxylic acids is 1. The van der Waals surface area contributed by atoms with Gasteiger partial charge < -0.3 is 10.1 Å². The summed E-state index contributed by atoms with van der Waals surface area (Å²) in [5.74, 6) is -0.945. The largest absolute Gasteiger partial charge is 0.383 e. The molecule has 1 atom stereocenters. The molecule has 0 aromatic heterocycles. The summed E-state index contributed by atoms with van der Waals surface area (Å²) in [6.45, 7) is 1.68. The van der Waals surface area contributed by atoms with E-state index in [9.17, 15) is 17.6 Å². The number of carbonyl (C=O) groups is 1. The second kappa shape index (κ2) is 7.37. The first-order chi connectivity index (χ1) is 9.74. The van der Waals surface area contributed by atoms with Crippen molar-refractivity contribution in [2.75, 3.05) is 30.8 Å². The summed E-state index contributed by atoms with van der Waals surface area (Å²) in [4.78, 5) is 11.9. The molecular formula is C13H19FN2O4S. The fourth-order valence-corrected chi connectivity index (χ4v) is 2.61. The smallest absolute Gasteiger partial charge is 0.241 e. The number of hydrogen-bond donors (Lipinski definition) is 1. The molecule has 0 fully saturated rings. The molecule has 8 heteroatoms. The van der Waals surface area contributed by atoms with E-state index in [1.165, 1.54) is 19.2 Å². The van der Waals surface area contributed by atoms with Crippen LogP contribution in [0.3, 0.4) is 0 Å². The van der Waals surface area contributed by atoms with Gasteiger partial charge in [0.15, 0.2) is 0 Å². The van der Waals surface area contributed by atoms with Gasteiger partial charge in [-0.25, -0.2) is 12.8 Å². The molecule has 0 heterocycles. The minimum absolute atomic E-state index is 0.230. The average molecular weight is 318 g/mol. The fraction of sp³-hybridized carbons (Fsp3) is 0.462. The van der Waals surface area contributed by atoms with Crippen LogP contribution < -0.4 is 9.62 Å². The number of sulfonamides is 1. The van der Waals surface area contributed by atoms with E-state index in [2.05, 4.69) is 5.32 Å². The minimum Gasteiger partial charge on any atom is -0.383 e. The van der Waals surface area contributed by atoms with Crippen molar-refractivity contribution < 1.29 is 22.3 Å². The predicted octanol–water partition coefficient (Wildman–Crippen LogP) is 0.743. The second-order valence-corrected chi connectivity index (χ2v) is 6.58. The Morgan fingerprint density at radius 1 is 1.38 bits per heavy atom. The zero-order valence-electron chi connectivity index (χ0n) is 12.2. The Labute approximate surface area is 123 Å². The topological polar surface area (TPSA) is 75.7 Å². The Bertz CT molecular complexity index is 574. The van der Waals surface area contributed by atoms with Gasteiger partial charge in [-0.05, 0) is 31.2 Å². The van der Waals surface area contributed by atoms with Crippen LogP contribution in [0.1, 0.15) is 6.92 Å². The summed E-state index contributed by atoms with van der Waals surface area (Å²) < 4.78 is 42.3. The molecule has 0 spiro atoms. The van der Waals surface area contributed by atoms with Gasteiger partial charge >= 0.3 is 0 Å². The third kappa shape index (κ3) is 5.68. The number of methoxy groups -OCH3 is 1. The zero-order chi connectivity index (χ0) is 16.0. The van der Waals surface area contributed by atoms with E-state index < -0.39 is 21.7 Å². The van der Waals surface area contributed by atoms with E-state index in [0.717, 1.165) is 22.7 Å². The van der Waals surface area contributed by atoms with Gasteiger partial charge in [0.2, 0.25) is 15.9 Å². The van der Waals surface area contributed by atoms with E-state index in [4.69, 9.17) is 4.74 Å². The third-order valence-corrected chi connectivity index (χ3v) is 3.77. The molecule has 0 saturated carbocycles. The lowest BCUT2D eigenvalue weighted by molar-refractivity contribution is -0.120. The molecule has 1 N–H and O–H groups in total. The summed E-state index contributed by atoms with van der Waals surface area (Å²) in [6.07, 6.45) is 0.988. The minimum atomic E-state index is -3.66. The molecule has 0 aliphatic carbocycles. The van der Waals surface area contributed by atoms with Crippen molar-refractivity contribution in [1.82, 2.24) is 5.32 Å². The molecule has 0 saturated heterocycles. The van der Waals surface area contributed by atoms with Gasteiger partial charge in [-0.1, -0.05) is 0 Å². The van der Waals surface area contributed by atoms with Crippen LogP contribution in [0, 0.1) is 5.82 Å². The number of rotatable bonds is 7. The number of amides is 1. The molecule has 6 nitrogen and oxygen atoms in total. The van der Waals surface area contributed by atoms with Gasteiger partial charge in [0.1, 0.15) is 12.4 Å². The van der Waals surface area contributed by atoms with E-state index in [0.29, 0.717) is 6.61 Å². The normalized spacial score (nSPS) is 12.8. The summed E-state index contributed by atoms with van der Waals surface area (Å²) >= 11 is 0. The molecule has 0 bridgehead atoms. The van der Waals surface area contributed by atoms with Crippen molar-refractivity contribution in [2.45, 2.75) is 13.0 Å². The fourth-order valence-electron chi connectivity index (χ4n) is 1.75. The molecule has 1 aromatic carbocycles. The number of nitrogens with one attached hydrogen (secondary N) is 1. The van der Waals surface area contributed by atoms with Crippen LogP contribution in [0.25, 0.3) is 0 Å². The first-order valence-electron chi connectivity index (χ1n) is 6.25. The molecule has 1 amide bonds. The van der Waals surface area contributed by atoms with E-state index in [1.54, 1.807) is 6.92 Å². The average Bonchev–Trinajstić information content (AvgIpc) is 2.36. The number of ether oxygens (including phenoxy) is 1. The molecule has 118 valence electrons. The summed E-state index contributed by atoms with van der Waals surface area (Å²) in [7, 11) is -2.15. The van der Waals surface area contributed by atoms with Crippen LogP contribution in [0.5, 0.6) is 0 Å². The van der Waals surface area contributed by atoms with E-state index in [1.807, 2.05) is 0 Å². The maximum atomic E-state index is 12.9. The number of anilines is 1. The van der Waals surface area contributed by atoms with Gasteiger partial charge in [0.05, 0.1) is 18.6 Å². The van der Waals surface area contributed by atoms with Crippen molar-refractivity contribution in [3.05, 3.63) is 30.1 Å². The highest BCUT2D eigenvalue weighted by atomic mass is 32.2. The second-order valence-electron chi connectivity index (χ2n) is 4.67. The molecule has 21 heavy (non-hydrogen) atoms. The first kappa shape index (κ1) is 17.4. The molecular weight excluding hydrogens is 299 g/mol. The SMILES string of the molecule is COC[C@@H](C)NC(=O)CN(c1ccc(F)cc1)S(C)(=O)=O. The molecule has 0 unspecified atom stereocenters.